The number of alkyl halides is 2. The molecule has 25 heavy (non-hydrogen) atoms. The molecule has 0 unspecified atom stereocenters. The topological polar surface area (TPSA) is 38.1 Å². The SMILES string of the molecule is Cc1nn(C(F)F)cc1-c1cccc(C(=O)N(C)C2CCSCC2)c1. The molecular formula is C18H21F2N3OS. The average Bonchev–Trinajstić information content (AvgIpc) is 3.03. The smallest absolute Gasteiger partial charge is 0.333 e. The van der Waals surface area contributed by atoms with Gasteiger partial charge in [0.05, 0.1) is 5.69 Å². The van der Waals surface area contributed by atoms with Gasteiger partial charge in [-0.1, -0.05) is 12.1 Å². The summed E-state index contributed by atoms with van der Waals surface area (Å²) in [5, 5.41) is 3.84. The van der Waals surface area contributed by atoms with Crippen LogP contribution in [0.1, 0.15) is 35.4 Å². The van der Waals surface area contributed by atoms with Gasteiger partial charge in [0.15, 0.2) is 0 Å². The maximum Gasteiger partial charge on any atom is 0.333 e. The Kier molecular flexibility index (Phi) is 5.42. The number of halogens is 2. The van der Waals surface area contributed by atoms with Crippen LogP contribution in [0.2, 0.25) is 0 Å². The number of nitrogens with zero attached hydrogens (tertiary/aromatic N) is 3. The van der Waals surface area contributed by atoms with E-state index in [4.69, 9.17) is 0 Å². The largest absolute Gasteiger partial charge is 0.339 e. The van der Waals surface area contributed by atoms with Crippen LogP contribution in [0.5, 0.6) is 0 Å². The van der Waals surface area contributed by atoms with Gasteiger partial charge in [0.2, 0.25) is 0 Å². The molecule has 1 aromatic heterocycles. The van der Waals surface area contributed by atoms with Gasteiger partial charge < -0.3 is 4.90 Å². The summed E-state index contributed by atoms with van der Waals surface area (Å²) in [7, 11) is 1.84. The number of rotatable bonds is 4. The summed E-state index contributed by atoms with van der Waals surface area (Å²) in [5.41, 5.74) is 2.43. The fraction of sp³-hybridized carbons (Fsp3) is 0.444. The van der Waals surface area contributed by atoms with Crippen molar-refractivity contribution < 1.29 is 13.6 Å². The lowest BCUT2D eigenvalue weighted by molar-refractivity contribution is 0.0563. The number of carbonyl (C=O) groups excluding carboxylic acids is 1. The van der Waals surface area contributed by atoms with Gasteiger partial charge in [-0.2, -0.15) is 25.6 Å². The Balaban J connectivity index is 1.85. The third-order valence-corrected chi connectivity index (χ3v) is 5.64. The van der Waals surface area contributed by atoms with Gasteiger partial charge in [-0.25, -0.2) is 4.68 Å². The predicted octanol–water partition coefficient (Wildman–Crippen LogP) is 4.22. The molecule has 134 valence electrons. The zero-order chi connectivity index (χ0) is 18.0. The summed E-state index contributed by atoms with van der Waals surface area (Å²) in [5.74, 6) is 2.13. The van der Waals surface area contributed by atoms with E-state index in [0.717, 1.165) is 29.9 Å². The average molecular weight is 365 g/mol. The van der Waals surface area contributed by atoms with Gasteiger partial charge in [0.25, 0.3) is 5.91 Å². The number of aryl methyl sites for hydroxylation is 1. The maximum absolute atomic E-state index is 12.8. The Bertz CT molecular complexity index is 757. The van der Waals surface area contributed by atoms with Gasteiger partial charge in [0.1, 0.15) is 0 Å². The van der Waals surface area contributed by atoms with Gasteiger partial charge in [-0.15, -0.1) is 0 Å². The minimum atomic E-state index is -2.67. The van der Waals surface area contributed by atoms with Crippen LogP contribution in [0, 0.1) is 6.92 Å². The first kappa shape index (κ1) is 17.9. The van der Waals surface area contributed by atoms with E-state index in [9.17, 15) is 13.6 Å². The van der Waals surface area contributed by atoms with Gasteiger partial charge in [0, 0.05) is 30.4 Å². The van der Waals surface area contributed by atoms with Crippen LogP contribution in [0.25, 0.3) is 11.1 Å². The highest BCUT2D eigenvalue weighted by Gasteiger charge is 2.23. The molecule has 1 aromatic carbocycles. The van der Waals surface area contributed by atoms with Gasteiger partial charge >= 0.3 is 6.55 Å². The normalized spacial score (nSPS) is 15.6. The molecule has 0 spiro atoms. The monoisotopic (exact) mass is 365 g/mol. The highest BCUT2D eigenvalue weighted by atomic mass is 32.2. The lowest BCUT2D eigenvalue weighted by Gasteiger charge is -2.31. The van der Waals surface area contributed by atoms with E-state index in [1.807, 2.05) is 29.8 Å². The van der Waals surface area contributed by atoms with Crippen LogP contribution in [0.15, 0.2) is 30.5 Å². The molecular weight excluding hydrogens is 344 g/mol. The molecule has 1 aliphatic rings. The quantitative estimate of drug-likeness (QED) is 0.814. The summed E-state index contributed by atoms with van der Waals surface area (Å²) in [4.78, 5) is 14.6. The molecule has 2 heterocycles. The van der Waals surface area contributed by atoms with E-state index < -0.39 is 6.55 Å². The van der Waals surface area contributed by atoms with Crippen LogP contribution < -0.4 is 0 Å². The van der Waals surface area contributed by atoms with E-state index >= 15 is 0 Å². The number of hydrogen-bond donors (Lipinski definition) is 0. The number of benzene rings is 1. The van der Waals surface area contributed by atoms with Crippen LogP contribution in [-0.4, -0.2) is 45.2 Å². The van der Waals surface area contributed by atoms with Crippen LogP contribution in [0.3, 0.4) is 0 Å². The molecule has 0 radical (unpaired) electrons. The summed E-state index contributed by atoms with van der Waals surface area (Å²) in [6, 6.07) is 7.39. The highest BCUT2D eigenvalue weighted by molar-refractivity contribution is 7.99. The zero-order valence-corrected chi connectivity index (χ0v) is 15.1. The second-order valence-corrected chi connectivity index (χ2v) is 7.45. The molecule has 0 atom stereocenters. The summed E-state index contributed by atoms with van der Waals surface area (Å²) in [6.07, 6.45) is 3.34. The van der Waals surface area contributed by atoms with Crippen molar-refractivity contribution in [3.05, 3.63) is 41.7 Å². The van der Waals surface area contributed by atoms with Crippen molar-refractivity contribution in [2.24, 2.45) is 0 Å². The van der Waals surface area contributed by atoms with Crippen molar-refractivity contribution in [1.29, 1.82) is 0 Å². The minimum Gasteiger partial charge on any atom is -0.339 e. The Morgan fingerprint density at radius 2 is 2.08 bits per heavy atom. The predicted molar refractivity (Wildman–Crippen MR) is 96.1 cm³/mol. The molecule has 1 amide bonds. The fourth-order valence-corrected chi connectivity index (χ4v) is 4.21. The Labute approximate surface area is 150 Å². The Morgan fingerprint density at radius 3 is 2.72 bits per heavy atom. The Morgan fingerprint density at radius 1 is 1.36 bits per heavy atom. The van der Waals surface area contributed by atoms with Crippen molar-refractivity contribution in [3.63, 3.8) is 0 Å². The third-order valence-electron chi connectivity index (χ3n) is 4.60. The first-order chi connectivity index (χ1) is 12.0. The minimum absolute atomic E-state index is 0.0299. The summed E-state index contributed by atoms with van der Waals surface area (Å²) in [6.45, 7) is -0.985. The van der Waals surface area contributed by atoms with E-state index in [0.29, 0.717) is 21.5 Å². The molecule has 1 saturated heterocycles. The molecule has 2 aromatic rings. The van der Waals surface area contributed by atoms with E-state index in [-0.39, 0.29) is 11.9 Å². The van der Waals surface area contributed by atoms with E-state index in [1.165, 1.54) is 6.20 Å². The number of amides is 1. The first-order valence-corrected chi connectivity index (χ1v) is 9.42. The molecule has 4 nitrogen and oxygen atoms in total. The molecule has 0 bridgehead atoms. The van der Waals surface area contributed by atoms with Crippen molar-refractivity contribution in [2.45, 2.75) is 32.4 Å². The van der Waals surface area contributed by atoms with Crippen LogP contribution in [-0.2, 0) is 0 Å². The van der Waals surface area contributed by atoms with E-state index in [1.54, 1.807) is 25.1 Å². The number of thioether (sulfide) groups is 1. The lowest BCUT2D eigenvalue weighted by atomic mass is 10.0. The lowest BCUT2D eigenvalue weighted by Crippen LogP contribution is -2.39. The standard InChI is InChI=1S/C18H21F2N3OS/c1-12-16(11-23(21-12)18(19)20)13-4-3-5-14(10-13)17(24)22(2)15-6-8-25-9-7-15/h3-5,10-11,15,18H,6-9H2,1-2H3. The highest BCUT2D eigenvalue weighted by Crippen LogP contribution is 2.27. The molecule has 7 heteroatoms. The van der Waals surface area contributed by atoms with Crippen LogP contribution in [0.4, 0.5) is 8.78 Å². The molecule has 0 saturated carbocycles. The first-order valence-electron chi connectivity index (χ1n) is 8.26. The number of hydrogen-bond acceptors (Lipinski definition) is 3. The summed E-state index contributed by atoms with van der Waals surface area (Å²) >= 11 is 1.92. The van der Waals surface area contributed by atoms with E-state index in [2.05, 4.69) is 5.10 Å². The number of carbonyl (C=O) groups is 1. The Hall–Kier alpha value is -1.89. The second kappa shape index (κ2) is 7.56. The van der Waals surface area contributed by atoms with Crippen molar-refractivity contribution in [3.8, 4) is 11.1 Å². The number of aromatic nitrogens is 2. The zero-order valence-electron chi connectivity index (χ0n) is 14.3. The van der Waals surface area contributed by atoms with Gasteiger partial charge in [-0.3, -0.25) is 4.79 Å². The van der Waals surface area contributed by atoms with Crippen molar-refractivity contribution in [2.75, 3.05) is 18.6 Å². The molecule has 3 rings (SSSR count). The maximum atomic E-state index is 12.8. The second-order valence-electron chi connectivity index (χ2n) is 6.23. The molecule has 1 fully saturated rings. The molecule has 1 aliphatic heterocycles. The van der Waals surface area contributed by atoms with Gasteiger partial charge in [-0.05, 0) is 49.0 Å². The fourth-order valence-electron chi connectivity index (χ4n) is 3.13. The van der Waals surface area contributed by atoms with Crippen molar-refractivity contribution >= 4 is 17.7 Å². The summed E-state index contributed by atoms with van der Waals surface area (Å²) < 4.78 is 26.3. The molecule has 0 aliphatic carbocycles. The molecule has 0 N–H and O–H groups in total. The van der Waals surface area contributed by atoms with Crippen LogP contribution >= 0.6 is 11.8 Å². The third kappa shape index (κ3) is 3.86. The van der Waals surface area contributed by atoms with Crippen molar-refractivity contribution in [1.82, 2.24) is 14.7 Å².